The molecule has 0 aliphatic heterocycles. The minimum absolute atomic E-state index is 0.0378. The molecule has 12 heteroatoms. The number of benzene rings is 2. The van der Waals surface area contributed by atoms with Crippen molar-refractivity contribution < 1.29 is 27.9 Å². The first kappa shape index (κ1) is 23.5. The van der Waals surface area contributed by atoms with Crippen LogP contribution in [0.2, 0.25) is 0 Å². The number of hydrazone groups is 1. The van der Waals surface area contributed by atoms with Crippen LogP contribution in [0.15, 0.2) is 64.6 Å². The summed E-state index contributed by atoms with van der Waals surface area (Å²) < 4.78 is 31.7. The lowest BCUT2D eigenvalue weighted by Crippen LogP contribution is -2.33. The van der Waals surface area contributed by atoms with Gasteiger partial charge in [0.15, 0.2) is 0 Å². The standard InChI is InChI=1S/C19H23N5O6S/c1-2-30-19(27)22-16(12-17(25)26)13-7-6-8-14(11-13)24(23-18(20)21)31(28,29)15-9-4-3-5-10-15/h3-11,16H,2,12H2,1H3,(H,22,27)(H,25,26)(H4,20,21,23). The largest absolute Gasteiger partial charge is 0.481 e. The molecular formula is C19H23N5O6S. The van der Waals surface area contributed by atoms with Crippen LogP contribution in [0.3, 0.4) is 0 Å². The molecule has 0 aliphatic carbocycles. The van der Waals surface area contributed by atoms with Crippen LogP contribution in [0.4, 0.5) is 10.5 Å². The number of rotatable bonds is 9. The molecule has 0 aromatic heterocycles. The van der Waals surface area contributed by atoms with Gasteiger partial charge in [0.05, 0.1) is 29.7 Å². The Morgan fingerprint density at radius 3 is 2.42 bits per heavy atom. The molecule has 0 spiro atoms. The number of amides is 1. The summed E-state index contributed by atoms with van der Waals surface area (Å²) in [5.74, 6) is -1.68. The van der Waals surface area contributed by atoms with E-state index in [1.165, 1.54) is 36.4 Å². The van der Waals surface area contributed by atoms with Gasteiger partial charge in [0.2, 0.25) is 5.96 Å². The molecule has 0 radical (unpaired) electrons. The number of ether oxygens (including phenoxy) is 1. The SMILES string of the molecule is CCOC(=O)NC(CC(=O)O)c1cccc(N(N=C(N)N)S(=O)(=O)c2ccccc2)c1. The molecule has 1 unspecified atom stereocenters. The number of nitrogens with zero attached hydrogens (tertiary/aromatic N) is 2. The number of guanidine groups is 1. The maximum absolute atomic E-state index is 13.1. The minimum Gasteiger partial charge on any atom is -0.481 e. The maximum atomic E-state index is 13.1. The highest BCUT2D eigenvalue weighted by molar-refractivity contribution is 7.92. The smallest absolute Gasteiger partial charge is 0.407 e. The third-order valence-corrected chi connectivity index (χ3v) is 5.53. The van der Waals surface area contributed by atoms with E-state index in [-0.39, 0.29) is 17.2 Å². The predicted molar refractivity (Wildman–Crippen MR) is 114 cm³/mol. The van der Waals surface area contributed by atoms with Crippen molar-refractivity contribution in [2.45, 2.75) is 24.3 Å². The van der Waals surface area contributed by atoms with E-state index in [9.17, 15) is 23.1 Å². The molecule has 1 amide bonds. The van der Waals surface area contributed by atoms with Crippen LogP contribution in [-0.2, 0) is 19.6 Å². The highest BCUT2D eigenvalue weighted by atomic mass is 32.2. The van der Waals surface area contributed by atoms with Crippen molar-refractivity contribution in [2.75, 3.05) is 11.0 Å². The zero-order valence-electron chi connectivity index (χ0n) is 16.6. The van der Waals surface area contributed by atoms with Gasteiger partial charge in [-0.3, -0.25) is 4.79 Å². The zero-order chi connectivity index (χ0) is 23.0. The molecule has 0 saturated carbocycles. The van der Waals surface area contributed by atoms with Crippen LogP contribution >= 0.6 is 0 Å². The van der Waals surface area contributed by atoms with E-state index in [1.54, 1.807) is 25.1 Å². The fourth-order valence-corrected chi connectivity index (χ4v) is 3.94. The lowest BCUT2D eigenvalue weighted by molar-refractivity contribution is -0.137. The van der Waals surface area contributed by atoms with E-state index in [0.717, 1.165) is 0 Å². The van der Waals surface area contributed by atoms with E-state index in [1.807, 2.05) is 0 Å². The van der Waals surface area contributed by atoms with Gasteiger partial charge in [0, 0.05) is 0 Å². The van der Waals surface area contributed by atoms with Gasteiger partial charge in [-0.15, -0.1) is 5.10 Å². The lowest BCUT2D eigenvalue weighted by Gasteiger charge is -2.22. The van der Waals surface area contributed by atoms with Crippen molar-refractivity contribution in [1.82, 2.24) is 5.32 Å². The summed E-state index contributed by atoms with van der Waals surface area (Å²) in [6.07, 6.45) is -1.27. The van der Waals surface area contributed by atoms with Gasteiger partial charge in [-0.1, -0.05) is 30.3 Å². The fourth-order valence-electron chi connectivity index (χ4n) is 2.65. The number of nitrogens with two attached hydrogens (primary N) is 2. The average molecular weight is 449 g/mol. The summed E-state index contributed by atoms with van der Waals surface area (Å²) in [4.78, 5) is 23.0. The number of carboxylic acid groups (broad SMARTS) is 1. The average Bonchev–Trinajstić information content (AvgIpc) is 2.72. The van der Waals surface area contributed by atoms with E-state index in [2.05, 4.69) is 10.4 Å². The first-order valence-electron chi connectivity index (χ1n) is 9.10. The number of alkyl carbamates (subject to hydrolysis) is 1. The Balaban J connectivity index is 2.52. The van der Waals surface area contributed by atoms with Crippen molar-refractivity contribution in [1.29, 1.82) is 0 Å². The minimum atomic E-state index is -4.19. The Bertz CT molecular complexity index is 1050. The van der Waals surface area contributed by atoms with Gasteiger partial charge in [-0.2, -0.15) is 12.8 Å². The molecule has 1 atom stereocenters. The Morgan fingerprint density at radius 1 is 1.16 bits per heavy atom. The molecule has 0 fully saturated rings. The molecule has 0 aliphatic rings. The molecule has 2 aromatic carbocycles. The van der Waals surface area contributed by atoms with Crippen LogP contribution in [0.5, 0.6) is 0 Å². The summed E-state index contributed by atoms with van der Waals surface area (Å²) in [6.45, 7) is 1.70. The summed E-state index contributed by atoms with van der Waals surface area (Å²) >= 11 is 0. The third kappa shape index (κ3) is 6.34. The lowest BCUT2D eigenvalue weighted by atomic mass is 10.0. The molecular weight excluding hydrogens is 426 g/mol. The predicted octanol–water partition coefficient (Wildman–Crippen LogP) is 1.33. The van der Waals surface area contributed by atoms with E-state index < -0.39 is 40.5 Å². The number of aliphatic carboxylic acids is 1. The first-order valence-corrected chi connectivity index (χ1v) is 10.5. The van der Waals surface area contributed by atoms with Crippen LogP contribution in [-0.4, -0.2) is 38.2 Å². The van der Waals surface area contributed by atoms with Crippen molar-refractivity contribution in [2.24, 2.45) is 16.6 Å². The van der Waals surface area contributed by atoms with E-state index in [0.29, 0.717) is 9.98 Å². The number of sulfonamides is 1. The summed E-state index contributed by atoms with van der Waals surface area (Å²) in [5, 5.41) is 15.4. The van der Waals surface area contributed by atoms with Crippen molar-refractivity contribution in [3.63, 3.8) is 0 Å². The van der Waals surface area contributed by atoms with Crippen LogP contribution < -0.4 is 21.2 Å². The van der Waals surface area contributed by atoms with Crippen molar-refractivity contribution in [3.05, 3.63) is 60.2 Å². The quantitative estimate of drug-likeness (QED) is 0.251. The van der Waals surface area contributed by atoms with Gasteiger partial charge in [-0.05, 0) is 36.8 Å². The molecule has 2 rings (SSSR count). The maximum Gasteiger partial charge on any atom is 0.407 e. The summed E-state index contributed by atoms with van der Waals surface area (Å²) in [6, 6.07) is 12.3. The Kier molecular flexibility index (Phi) is 7.80. The van der Waals surface area contributed by atoms with Gasteiger partial charge < -0.3 is 26.6 Å². The fraction of sp³-hybridized carbons (Fsp3) is 0.211. The van der Waals surface area contributed by atoms with Gasteiger partial charge >= 0.3 is 12.1 Å². The third-order valence-electron chi connectivity index (χ3n) is 3.91. The molecule has 2 aromatic rings. The summed E-state index contributed by atoms with van der Waals surface area (Å²) in [7, 11) is -4.19. The van der Waals surface area contributed by atoms with Gasteiger partial charge in [0.25, 0.3) is 10.0 Å². The Morgan fingerprint density at radius 2 is 1.84 bits per heavy atom. The number of anilines is 1. The Hall–Kier alpha value is -3.80. The number of carboxylic acids is 1. The highest BCUT2D eigenvalue weighted by Crippen LogP contribution is 2.28. The summed E-state index contributed by atoms with van der Waals surface area (Å²) in [5.41, 5.74) is 11.2. The number of nitrogens with one attached hydrogen (secondary N) is 1. The monoisotopic (exact) mass is 449 g/mol. The number of carbonyl (C=O) groups excluding carboxylic acids is 1. The molecule has 0 heterocycles. The molecule has 6 N–H and O–H groups in total. The molecule has 31 heavy (non-hydrogen) atoms. The topological polar surface area (TPSA) is 177 Å². The molecule has 0 saturated heterocycles. The first-order chi connectivity index (χ1) is 14.6. The van der Waals surface area contributed by atoms with Gasteiger partial charge in [-0.25, -0.2) is 4.79 Å². The second-order valence-electron chi connectivity index (χ2n) is 6.20. The van der Waals surface area contributed by atoms with Crippen LogP contribution in [0.1, 0.15) is 24.9 Å². The normalized spacial score (nSPS) is 11.8. The molecule has 0 bridgehead atoms. The molecule has 166 valence electrons. The van der Waals surface area contributed by atoms with Crippen LogP contribution in [0, 0.1) is 0 Å². The van der Waals surface area contributed by atoms with E-state index >= 15 is 0 Å². The Labute approximate surface area is 179 Å². The van der Waals surface area contributed by atoms with Crippen LogP contribution in [0.25, 0.3) is 0 Å². The second-order valence-corrected chi connectivity index (χ2v) is 7.96. The highest BCUT2D eigenvalue weighted by Gasteiger charge is 2.27. The number of hydrogen-bond acceptors (Lipinski definition) is 6. The second kappa shape index (κ2) is 10.3. The van der Waals surface area contributed by atoms with Crippen molar-refractivity contribution in [3.8, 4) is 0 Å². The zero-order valence-corrected chi connectivity index (χ0v) is 17.5. The van der Waals surface area contributed by atoms with E-state index in [4.69, 9.17) is 16.2 Å². The number of carbonyl (C=O) groups is 2. The number of hydrogen-bond donors (Lipinski definition) is 4. The van der Waals surface area contributed by atoms with Gasteiger partial charge in [0.1, 0.15) is 0 Å². The van der Waals surface area contributed by atoms with Crippen molar-refractivity contribution >= 4 is 33.7 Å². The molecule has 11 nitrogen and oxygen atoms in total.